The molecule has 0 bridgehead atoms. The summed E-state index contributed by atoms with van der Waals surface area (Å²) in [5, 5.41) is 20.4. The molecular formula is C19H16N6. The van der Waals surface area contributed by atoms with Gasteiger partial charge >= 0.3 is 0 Å². The second-order valence-electron chi connectivity index (χ2n) is 6.01. The van der Waals surface area contributed by atoms with Crippen LogP contribution in [0.2, 0.25) is 0 Å². The molecule has 0 aliphatic carbocycles. The van der Waals surface area contributed by atoms with Crippen molar-refractivity contribution in [1.82, 2.24) is 15.2 Å². The Kier molecular flexibility index (Phi) is 3.75. The molecule has 1 atom stereocenters. The molecule has 6 nitrogen and oxygen atoms in total. The van der Waals surface area contributed by atoms with Crippen molar-refractivity contribution in [1.29, 1.82) is 5.26 Å². The summed E-state index contributed by atoms with van der Waals surface area (Å²) < 4.78 is 0. The summed E-state index contributed by atoms with van der Waals surface area (Å²) in [5.41, 5.74) is 3.89. The van der Waals surface area contributed by atoms with E-state index in [2.05, 4.69) is 56.6 Å². The SMILES string of the molecule is CC1Cc2ccccc2N1c1nncc(Nc2ccc(C#N)cc2)n1. The fraction of sp³-hybridized carbons (Fsp3) is 0.158. The molecule has 0 fully saturated rings. The number of fused-ring (bicyclic) bond motifs is 1. The average molecular weight is 328 g/mol. The highest BCUT2D eigenvalue weighted by Crippen LogP contribution is 2.36. The number of hydrogen-bond donors (Lipinski definition) is 1. The Morgan fingerprint density at radius 1 is 1.16 bits per heavy atom. The number of rotatable bonds is 3. The maximum atomic E-state index is 8.87. The van der Waals surface area contributed by atoms with Crippen LogP contribution in [-0.4, -0.2) is 21.2 Å². The maximum Gasteiger partial charge on any atom is 0.252 e. The molecule has 2 heterocycles. The first-order valence-corrected chi connectivity index (χ1v) is 8.08. The lowest BCUT2D eigenvalue weighted by atomic mass is 10.1. The van der Waals surface area contributed by atoms with Crippen molar-refractivity contribution < 1.29 is 0 Å². The van der Waals surface area contributed by atoms with Gasteiger partial charge in [0.2, 0.25) is 0 Å². The van der Waals surface area contributed by atoms with E-state index in [4.69, 9.17) is 5.26 Å². The third kappa shape index (κ3) is 2.88. The normalized spacial score (nSPS) is 15.5. The third-order valence-electron chi connectivity index (χ3n) is 4.26. The summed E-state index contributed by atoms with van der Waals surface area (Å²) >= 11 is 0. The van der Waals surface area contributed by atoms with Gasteiger partial charge in [-0.25, -0.2) is 0 Å². The maximum absolute atomic E-state index is 8.87. The van der Waals surface area contributed by atoms with Gasteiger partial charge in [-0.15, -0.1) is 5.10 Å². The number of para-hydroxylation sites is 1. The first-order chi connectivity index (χ1) is 12.2. The molecule has 122 valence electrons. The summed E-state index contributed by atoms with van der Waals surface area (Å²) in [7, 11) is 0. The predicted molar refractivity (Wildman–Crippen MR) is 96.0 cm³/mol. The van der Waals surface area contributed by atoms with E-state index in [0.717, 1.165) is 17.8 Å². The third-order valence-corrected chi connectivity index (χ3v) is 4.26. The topological polar surface area (TPSA) is 77.7 Å². The highest BCUT2D eigenvalue weighted by molar-refractivity contribution is 5.68. The molecule has 1 aliphatic heterocycles. The molecule has 2 aromatic carbocycles. The van der Waals surface area contributed by atoms with Gasteiger partial charge in [-0.2, -0.15) is 15.3 Å². The van der Waals surface area contributed by atoms with Crippen LogP contribution in [-0.2, 0) is 6.42 Å². The van der Waals surface area contributed by atoms with Gasteiger partial charge in [-0.05, 0) is 49.2 Å². The molecule has 1 aliphatic rings. The fourth-order valence-electron chi connectivity index (χ4n) is 3.10. The van der Waals surface area contributed by atoms with Gasteiger partial charge in [-0.3, -0.25) is 0 Å². The monoisotopic (exact) mass is 328 g/mol. The van der Waals surface area contributed by atoms with Gasteiger partial charge in [-0.1, -0.05) is 18.2 Å². The molecule has 1 unspecified atom stereocenters. The quantitative estimate of drug-likeness (QED) is 0.792. The van der Waals surface area contributed by atoms with E-state index < -0.39 is 0 Å². The summed E-state index contributed by atoms with van der Waals surface area (Å²) in [6.45, 7) is 2.16. The zero-order valence-electron chi connectivity index (χ0n) is 13.7. The van der Waals surface area contributed by atoms with E-state index in [1.54, 1.807) is 18.3 Å². The molecule has 0 radical (unpaired) electrons. The van der Waals surface area contributed by atoms with Crippen LogP contribution < -0.4 is 10.2 Å². The van der Waals surface area contributed by atoms with Crippen LogP contribution >= 0.6 is 0 Å². The number of anilines is 4. The van der Waals surface area contributed by atoms with Crippen LogP contribution in [0.4, 0.5) is 23.1 Å². The van der Waals surface area contributed by atoms with Crippen molar-refractivity contribution >= 4 is 23.1 Å². The molecule has 4 rings (SSSR count). The Labute approximate surface area is 145 Å². The lowest BCUT2D eigenvalue weighted by Crippen LogP contribution is -2.26. The molecule has 1 aromatic heterocycles. The lowest BCUT2D eigenvalue weighted by molar-refractivity contribution is 0.730. The van der Waals surface area contributed by atoms with Crippen LogP contribution in [0.1, 0.15) is 18.1 Å². The minimum absolute atomic E-state index is 0.282. The predicted octanol–water partition coefficient (Wildman–Crippen LogP) is 3.57. The van der Waals surface area contributed by atoms with Crippen molar-refractivity contribution in [3.05, 3.63) is 65.9 Å². The van der Waals surface area contributed by atoms with Gasteiger partial charge in [0.1, 0.15) is 0 Å². The van der Waals surface area contributed by atoms with Gasteiger partial charge in [0.25, 0.3) is 5.95 Å². The van der Waals surface area contributed by atoms with Crippen LogP contribution in [0.25, 0.3) is 0 Å². The van der Waals surface area contributed by atoms with Crippen LogP contribution in [0, 0.1) is 11.3 Å². The Morgan fingerprint density at radius 2 is 1.96 bits per heavy atom. The van der Waals surface area contributed by atoms with Crippen LogP contribution in [0.5, 0.6) is 0 Å². The number of nitrogens with one attached hydrogen (secondary N) is 1. The van der Waals surface area contributed by atoms with Crippen molar-refractivity contribution in [2.24, 2.45) is 0 Å². The molecular weight excluding hydrogens is 312 g/mol. The van der Waals surface area contributed by atoms with E-state index in [1.807, 2.05) is 18.2 Å². The molecule has 6 heteroatoms. The number of nitrogens with zero attached hydrogens (tertiary/aromatic N) is 5. The van der Waals surface area contributed by atoms with Crippen molar-refractivity contribution in [3.8, 4) is 6.07 Å². The van der Waals surface area contributed by atoms with Gasteiger partial charge < -0.3 is 10.2 Å². The van der Waals surface area contributed by atoms with Crippen LogP contribution in [0.3, 0.4) is 0 Å². The van der Waals surface area contributed by atoms with E-state index in [1.165, 1.54) is 5.56 Å². The molecule has 0 spiro atoms. The Morgan fingerprint density at radius 3 is 2.76 bits per heavy atom. The average Bonchev–Trinajstić information content (AvgIpc) is 2.98. The standard InChI is InChI=1S/C19H16N6/c1-13-10-15-4-2-3-5-17(15)25(13)19-23-18(12-21-24-19)22-16-8-6-14(11-20)7-9-16/h2-9,12-13H,10H2,1H3,(H,22,23,24). The Hall–Kier alpha value is -3.46. The first-order valence-electron chi connectivity index (χ1n) is 8.08. The minimum atomic E-state index is 0.282. The highest BCUT2D eigenvalue weighted by Gasteiger charge is 2.29. The van der Waals surface area contributed by atoms with Gasteiger partial charge in [0.15, 0.2) is 5.82 Å². The van der Waals surface area contributed by atoms with E-state index in [9.17, 15) is 0 Å². The first kappa shape index (κ1) is 15.1. The molecule has 0 amide bonds. The van der Waals surface area contributed by atoms with E-state index >= 15 is 0 Å². The second kappa shape index (κ2) is 6.21. The largest absolute Gasteiger partial charge is 0.339 e. The number of benzene rings is 2. The molecule has 3 aromatic rings. The number of nitriles is 1. The zero-order chi connectivity index (χ0) is 17.2. The number of hydrogen-bond acceptors (Lipinski definition) is 6. The summed E-state index contributed by atoms with van der Waals surface area (Å²) in [6, 6.07) is 17.9. The zero-order valence-corrected chi connectivity index (χ0v) is 13.7. The Bertz CT molecular complexity index is 945. The smallest absolute Gasteiger partial charge is 0.252 e. The highest BCUT2D eigenvalue weighted by atomic mass is 15.4. The van der Waals surface area contributed by atoms with Crippen molar-refractivity contribution in [2.45, 2.75) is 19.4 Å². The summed E-state index contributed by atoms with van der Waals surface area (Å²) in [6.07, 6.45) is 2.56. The van der Waals surface area contributed by atoms with Gasteiger partial charge in [0.05, 0.1) is 17.8 Å². The molecule has 0 saturated heterocycles. The summed E-state index contributed by atoms with van der Waals surface area (Å²) in [5.74, 6) is 1.20. The molecule has 1 N–H and O–H groups in total. The lowest BCUT2D eigenvalue weighted by Gasteiger charge is -2.22. The fourth-order valence-corrected chi connectivity index (χ4v) is 3.10. The molecule has 0 saturated carbocycles. The van der Waals surface area contributed by atoms with E-state index in [-0.39, 0.29) is 6.04 Å². The molecule has 25 heavy (non-hydrogen) atoms. The minimum Gasteiger partial charge on any atom is -0.339 e. The Balaban J connectivity index is 1.62. The van der Waals surface area contributed by atoms with Crippen molar-refractivity contribution in [2.75, 3.05) is 10.2 Å². The van der Waals surface area contributed by atoms with Crippen molar-refractivity contribution in [3.63, 3.8) is 0 Å². The second-order valence-corrected chi connectivity index (χ2v) is 6.01. The number of aromatic nitrogens is 3. The summed E-state index contributed by atoms with van der Waals surface area (Å²) in [4.78, 5) is 6.74. The van der Waals surface area contributed by atoms with E-state index in [0.29, 0.717) is 17.3 Å². The van der Waals surface area contributed by atoms with Gasteiger partial charge in [0, 0.05) is 17.4 Å². The van der Waals surface area contributed by atoms with Crippen LogP contribution in [0.15, 0.2) is 54.7 Å².